The van der Waals surface area contributed by atoms with Crippen LogP contribution in [-0.2, 0) is 18.9 Å². The molecular weight excluding hydrogens is 488 g/mol. The molecule has 206 valence electrons. The highest BCUT2D eigenvalue weighted by molar-refractivity contribution is 5.13. The van der Waals surface area contributed by atoms with E-state index in [0.717, 1.165) is 0 Å². The van der Waals surface area contributed by atoms with Gasteiger partial charge in [0.05, 0.1) is 19.8 Å². The van der Waals surface area contributed by atoms with E-state index in [-0.39, 0.29) is 0 Å². The van der Waals surface area contributed by atoms with Gasteiger partial charge in [0.1, 0.15) is 73.8 Å². The summed E-state index contributed by atoms with van der Waals surface area (Å²) in [5, 5.41) is 133. The number of aliphatic hydroxyl groups excluding tert-OH is 12. The van der Waals surface area contributed by atoms with Crippen molar-refractivity contribution in [2.45, 2.75) is 84.5 Å². The molecule has 0 saturated carbocycles. The van der Waals surface area contributed by atoms with Crippen molar-refractivity contribution in [1.82, 2.24) is 0 Å². The molecule has 3 aliphatic rings. The van der Waals surface area contributed by atoms with E-state index in [1.807, 2.05) is 0 Å². The molecule has 3 saturated heterocycles. The van der Waals surface area contributed by atoms with Crippen molar-refractivity contribution < 1.29 is 85.3 Å². The van der Waals surface area contributed by atoms with Gasteiger partial charge in [-0.05, 0) is 0 Å². The van der Waals surface area contributed by atoms with Crippen LogP contribution in [0, 0.1) is 0 Å². The highest BCUT2D eigenvalue weighted by Crippen LogP contribution is 2.49. The third kappa shape index (κ3) is 4.19. The molecule has 0 aromatic carbocycles. The summed E-state index contributed by atoms with van der Waals surface area (Å²) in [7, 11) is 0. The minimum Gasteiger partial charge on any atom is -0.394 e. The molecule has 17 heteroatoms. The minimum absolute atomic E-state index is 0.929. The van der Waals surface area contributed by atoms with Crippen LogP contribution in [0.5, 0.6) is 0 Å². The van der Waals surface area contributed by atoms with E-state index in [1.54, 1.807) is 0 Å². The summed E-state index contributed by atoms with van der Waals surface area (Å²) >= 11 is 0. The maximum Gasteiger partial charge on any atom is 0.259 e. The van der Waals surface area contributed by atoms with Crippen LogP contribution in [-0.4, -0.2) is 177 Å². The molecule has 13 N–H and O–H groups in total. The van der Waals surface area contributed by atoms with E-state index < -0.39 is 111 Å². The third-order valence-corrected chi connectivity index (χ3v) is 6.65. The number of ether oxygens (including phenoxy) is 4. The van der Waals surface area contributed by atoms with E-state index in [1.165, 1.54) is 0 Å². The molecular formula is C18H32O17. The summed E-state index contributed by atoms with van der Waals surface area (Å²) < 4.78 is 21.2. The van der Waals surface area contributed by atoms with Gasteiger partial charge in [-0.1, -0.05) is 0 Å². The van der Waals surface area contributed by atoms with Gasteiger partial charge in [-0.3, -0.25) is 0 Å². The van der Waals surface area contributed by atoms with Crippen LogP contribution < -0.4 is 0 Å². The monoisotopic (exact) mass is 520 g/mol. The smallest absolute Gasteiger partial charge is 0.259 e. The summed E-state index contributed by atoms with van der Waals surface area (Å²) in [6.07, 6.45) is -23.7. The Balaban J connectivity index is 2.21. The molecule has 0 bridgehead atoms. The van der Waals surface area contributed by atoms with Crippen LogP contribution in [0.15, 0.2) is 0 Å². The van der Waals surface area contributed by atoms with E-state index in [0.29, 0.717) is 0 Å². The van der Waals surface area contributed by atoms with E-state index in [2.05, 4.69) is 0 Å². The number of hydrogen-bond acceptors (Lipinski definition) is 17. The summed E-state index contributed by atoms with van der Waals surface area (Å²) in [5.74, 6) is -9.97. The van der Waals surface area contributed by atoms with Gasteiger partial charge in [0, 0.05) is 0 Å². The lowest BCUT2D eigenvalue weighted by atomic mass is 9.80. The SMILES string of the molecule is OC[C@H]1OC(CO)(O[C@]2([C@]3(O)O[C@H](CO)[C@@H](O)[C@H](O)[C@@H]3O)O[C@H](CO)[C@@H](O)[C@H](O)[C@H]2O)[C@@H](O)[C@@H]1O. The van der Waals surface area contributed by atoms with Gasteiger partial charge >= 0.3 is 0 Å². The maximum atomic E-state index is 11.5. The highest BCUT2D eigenvalue weighted by Gasteiger charge is 2.75. The molecule has 3 fully saturated rings. The lowest BCUT2D eigenvalue weighted by molar-refractivity contribution is -0.529. The Morgan fingerprint density at radius 2 is 1.00 bits per heavy atom. The summed E-state index contributed by atoms with van der Waals surface area (Å²) in [4.78, 5) is 0. The van der Waals surface area contributed by atoms with Crippen molar-refractivity contribution in [3.63, 3.8) is 0 Å². The van der Waals surface area contributed by atoms with Crippen molar-refractivity contribution >= 4 is 0 Å². The average molecular weight is 520 g/mol. The Morgan fingerprint density at radius 1 is 0.543 bits per heavy atom. The van der Waals surface area contributed by atoms with Gasteiger partial charge in [0.15, 0.2) is 0 Å². The van der Waals surface area contributed by atoms with Gasteiger partial charge in [0.25, 0.3) is 11.6 Å². The molecule has 1 unspecified atom stereocenters. The molecule has 0 aliphatic carbocycles. The van der Waals surface area contributed by atoms with Crippen molar-refractivity contribution in [2.75, 3.05) is 26.4 Å². The van der Waals surface area contributed by atoms with E-state index >= 15 is 0 Å². The van der Waals surface area contributed by atoms with Crippen LogP contribution in [0.1, 0.15) is 0 Å². The van der Waals surface area contributed by atoms with Crippen LogP contribution in [0.2, 0.25) is 0 Å². The normalized spacial score (nSPS) is 55.3. The standard InChI is InChI=1S/C18H32O17/c19-1-5-8(23)11(26)14(29)17(31,33-5)18(15(30)12(27)9(24)6(2-20)34-18)35-16(4-22)13(28)10(25)7(3-21)32-16/h5-15,19-31H,1-4H2/t5-,6-,7-,8-,9-,10-,11+,12+,13+,14+,15-,16?,17-,18-/m1/s1. The first kappa shape index (κ1) is 28.9. The zero-order valence-electron chi connectivity index (χ0n) is 18.1. The Hall–Kier alpha value is -0.680. The minimum atomic E-state index is -3.60. The van der Waals surface area contributed by atoms with Crippen LogP contribution in [0.25, 0.3) is 0 Å². The highest BCUT2D eigenvalue weighted by atomic mass is 16.9. The number of hydrogen-bond donors (Lipinski definition) is 13. The molecule has 0 aromatic heterocycles. The van der Waals surface area contributed by atoms with Gasteiger partial charge in [-0.25, -0.2) is 0 Å². The molecule has 3 aliphatic heterocycles. The van der Waals surface area contributed by atoms with Crippen molar-refractivity contribution in [3.8, 4) is 0 Å². The maximum absolute atomic E-state index is 11.5. The van der Waals surface area contributed by atoms with E-state index in [9.17, 15) is 66.4 Å². The van der Waals surface area contributed by atoms with Gasteiger partial charge in [-0.2, -0.15) is 0 Å². The zero-order valence-corrected chi connectivity index (χ0v) is 18.1. The topological polar surface area (TPSA) is 300 Å². The fourth-order valence-corrected chi connectivity index (χ4v) is 4.55. The van der Waals surface area contributed by atoms with Gasteiger partial charge < -0.3 is 85.3 Å². The second-order valence-corrected chi connectivity index (χ2v) is 8.74. The first-order valence-electron chi connectivity index (χ1n) is 10.6. The first-order chi connectivity index (χ1) is 16.3. The quantitative estimate of drug-likeness (QED) is 0.148. The number of aliphatic hydroxyl groups is 13. The lowest BCUT2D eigenvalue weighted by Crippen LogP contribution is -2.83. The Morgan fingerprint density at radius 3 is 1.46 bits per heavy atom. The van der Waals surface area contributed by atoms with Crippen molar-refractivity contribution in [1.29, 1.82) is 0 Å². The third-order valence-electron chi connectivity index (χ3n) is 6.65. The second-order valence-electron chi connectivity index (χ2n) is 8.74. The molecule has 0 aromatic rings. The average Bonchev–Trinajstić information content (AvgIpc) is 3.10. The fraction of sp³-hybridized carbons (Fsp3) is 1.00. The number of rotatable bonds is 7. The molecule has 14 atom stereocenters. The van der Waals surface area contributed by atoms with Crippen molar-refractivity contribution in [2.24, 2.45) is 0 Å². The Labute approximate surface area is 197 Å². The van der Waals surface area contributed by atoms with Crippen LogP contribution >= 0.6 is 0 Å². The second kappa shape index (κ2) is 10.2. The van der Waals surface area contributed by atoms with Crippen LogP contribution in [0.4, 0.5) is 0 Å². The lowest BCUT2D eigenvalue weighted by Gasteiger charge is -2.59. The summed E-state index contributed by atoms with van der Waals surface area (Å²) in [5.41, 5.74) is 0. The first-order valence-corrected chi connectivity index (χ1v) is 10.6. The molecule has 3 rings (SSSR count). The Kier molecular flexibility index (Phi) is 8.45. The molecule has 3 heterocycles. The molecule has 17 nitrogen and oxygen atoms in total. The zero-order chi connectivity index (χ0) is 26.5. The largest absolute Gasteiger partial charge is 0.394 e. The van der Waals surface area contributed by atoms with Crippen molar-refractivity contribution in [3.05, 3.63) is 0 Å². The summed E-state index contributed by atoms with van der Waals surface area (Å²) in [6.45, 7) is -4.53. The predicted octanol–water partition coefficient (Wildman–Crippen LogP) is -8.86. The molecule has 35 heavy (non-hydrogen) atoms. The fourth-order valence-electron chi connectivity index (χ4n) is 4.55. The summed E-state index contributed by atoms with van der Waals surface area (Å²) in [6, 6.07) is 0. The molecule has 0 amide bonds. The van der Waals surface area contributed by atoms with Crippen LogP contribution in [0.3, 0.4) is 0 Å². The molecule has 0 radical (unpaired) electrons. The predicted molar refractivity (Wildman–Crippen MR) is 103 cm³/mol. The van der Waals surface area contributed by atoms with E-state index in [4.69, 9.17) is 18.9 Å². The Bertz CT molecular complexity index is 725. The molecule has 0 spiro atoms. The van der Waals surface area contributed by atoms with Gasteiger partial charge in [0.2, 0.25) is 5.79 Å². The van der Waals surface area contributed by atoms with Gasteiger partial charge in [-0.15, -0.1) is 0 Å².